The first-order valence-electron chi connectivity index (χ1n) is 4.88. The van der Waals surface area contributed by atoms with Gasteiger partial charge in [-0.25, -0.2) is 4.79 Å². The van der Waals surface area contributed by atoms with Crippen molar-refractivity contribution in [2.45, 2.75) is 12.1 Å². The van der Waals surface area contributed by atoms with Crippen molar-refractivity contribution in [3.8, 4) is 5.88 Å². The molecule has 0 aromatic carbocycles. The fourth-order valence-electron chi connectivity index (χ4n) is 0.953. The predicted octanol–water partition coefficient (Wildman–Crippen LogP) is 0.687. The van der Waals surface area contributed by atoms with Gasteiger partial charge in [-0.3, -0.25) is 4.79 Å². The smallest absolute Gasteiger partial charge is 0.330 e. The van der Waals surface area contributed by atoms with Crippen LogP contribution in [0.3, 0.4) is 0 Å². The number of H-pyrrole nitrogens is 1. The zero-order valence-corrected chi connectivity index (χ0v) is 9.99. The van der Waals surface area contributed by atoms with Gasteiger partial charge < -0.3 is 14.8 Å². The summed E-state index contributed by atoms with van der Waals surface area (Å²) in [4.78, 5) is 28.1. The van der Waals surface area contributed by atoms with Crippen molar-refractivity contribution in [1.29, 1.82) is 0 Å². The number of rotatable bonds is 5. The molecular formula is C10H12N2O4S. The van der Waals surface area contributed by atoms with Crippen molar-refractivity contribution in [2.24, 2.45) is 0 Å². The minimum atomic E-state index is -0.422. The fourth-order valence-corrected chi connectivity index (χ4v) is 1.63. The van der Waals surface area contributed by atoms with E-state index in [2.05, 4.69) is 14.7 Å². The molecule has 7 heteroatoms. The first-order chi connectivity index (χ1) is 8.11. The summed E-state index contributed by atoms with van der Waals surface area (Å²) in [7, 11) is 0. The van der Waals surface area contributed by atoms with Crippen LogP contribution in [0.2, 0.25) is 0 Å². The SMILES string of the molecule is CCOC(=O)C=CCSc1nc(O)cc(=O)[nH]1. The summed E-state index contributed by atoms with van der Waals surface area (Å²) in [5.74, 6) is -0.304. The van der Waals surface area contributed by atoms with Gasteiger partial charge >= 0.3 is 5.97 Å². The fraction of sp³-hybridized carbons (Fsp3) is 0.300. The van der Waals surface area contributed by atoms with Crippen LogP contribution in [0, 0.1) is 0 Å². The van der Waals surface area contributed by atoms with Crippen LogP contribution in [0.4, 0.5) is 0 Å². The maximum atomic E-state index is 11.0. The number of thioether (sulfide) groups is 1. The van der Waals surface area contributed by atoms with E-state index >= 15 is 0 Å². The van der Waals surface area contributed by atoms with E-state index in [1.807, 2.05) is 0 Å². The molecule has 1 rings (SSSR count). The molecule has 17 heavy (non-hydrogen) atoms. The van der Waals surface area contributed by atoms with Crippen molar-refractivity contribution in [1.82, 2.24) is 9.97 Å². The Morgan fingerprint density at radius 3 is 3.12 bits per heavy atom. The van der Waals surface area contributed by atoms with Crippen molar-refractivity contribution >= 4 is 17.7 Å². The van der Waals surface area contributed by atoms with Gasteiger partial charge in [0.05, 0.1) is 12.7 Å². The highest BCUT2D eigenvalue weighted by Crippen LogP contribution is 2.12. The van der Waals surface area contributed by atoms with E-state index in [-0.39, 0.29) is 5.88 Å². The van der Waals surface area contributed by atoms with Crippen LogP contribution >= 0.6 is 11.8 Å². The van der Waals surface area contributed by atoms with Crippen LogP contribution in [0.25, 0.3) is 0 Å². The molecule has 0 fully saturated rings. The number of aromatic nitrogens is 2. The van der Waals surface area contributed by atoms with E-state index in [9.17, 15) is 9.59 Å². The molecule has 0 radical (unpaired) electrons. The molecule has 0 saturated carbocycles. The van der Waals surface area contributed by atoms with Gasteiger partial charge in [0, 0.05) is 11.8 Å². The lowest BCUT2D eigenvalue weighted by molar-refractivity contribution is -0.137. The molecule has 0 aliphatic heterocycles. The van der Waals surface area contributed by atoms with Gasteiger partial charge in [0.15, 0.2) is 5.16 Å². The molecule has 1 aromatic rings. The third-order valence-electron chi connectivity index (χ3n) is 1.56. The van der Waals surface area contributed by atoms with Crippen molar-refractivity contribution in [3.05, 3.63) is 28.6 Å². The van der Waals surface area contributed by atoms with Gasteiger partial charge in [-0.15, -0.1) is 0 Å². The first-order valence-corrected chi connectivity index (χ1v) is 5.86. The Labute approximate surface area is 102 Å². The van der Waals surface area contributed by atoms with Crippen LogP contribution < -0.4 is 5.56 Å². The third-order valence-corrected chi connectivity index (χ3v) is 2.39. The average Bonchev–Trinajstić information content (AvgIpc) is 2.23. The summed E-state index contributed by atoms with van der Waals surface area (Å²) in [6.45, 7) is 2.06. The average molecular weight is 256 g/mol. The van der Waals surface area contributed by atoms with Crippen molar-refractivity contribution in [3.63, 3.8) is 0 Å². The molecule has 0 aliphatic carbocycles. The molecular weight excluding hydrogens is 244 g/mol. The molecule has 0 aliphatic rings. The number of carbonyl (C=O) groups is 1. The molecule has 0 unspecified atom stereocenters. The minimum absolute atomic E-state index is 0.295. The van der Waals surface area contributed by atoms with E-state index in [0.29, 0.717) is 17.5 Å². The number of esters is 1. The molecule has 92 valence electrons. The van der Waals surface area contributed by atoms with Crippen LogP contribution in [0.15, 0.2) is 28.2 Å². The maximum Gasteiger partial charge on any atom is 0.330 e. The van der Waals surface area contributed by atoms with Gasteiger partial charge in [-0.05, 0) is 6.92 Å². The predicted molar refractivity (Wildman–Crippen MR) is 63.0 cm³/mol. The highest BCUT2D eigenvalue weighted by Gasteiger charge is 1.99. The second-order valence-corrected chi connectivity index (χ2v) is 3.88. The van der Waals surface area contributed by atoms with E-state index in [1.54, 1.807) is 13.0 Å². The molecule has 0 amide bonds. The number of hydrogen-bond donors (Lipinski definition) is 2. The van der Waals surface area contributed by atoms with Gasteiger partial charge in [0.2, 0.25) is 5.88 Å². The third kappa shape index (κ3) is 5.21. The number of nitrogens with one attached hydrogen (secondary N) is 1. The monoisotopic (exact) mass is 256 g/mol. The largest absolute Gasteiger partial charge is 0.493 e. The molecule has 0 spiro atoms. The van der Waals surface area contributed by atoms with Crippen molar-refractivity contribution in [2.75, 3.05) is 12.4 Å². The first kappa shape index (κ1) is 13.3. The summed E-state index contributed by atoms with van der Waals surface area (Å²) >= 11 is 1.19. The lowest BCUT2D eigenvalue weighted by atomic mass is 10.5. The molecule has 0 atom stereocenters. The molecule has 0 saturated heterocycles. The van der Waals surface area contributed by atoms with Crippen LogP contribution in [0.1, 0.15) is 6.92 Å². The highest BCUT2D eigenvalue weighted by atomic mass is 32.2. The summed E-state index contributed by atoms with van der Waals surface area (Å²) in [5, 5.41) is 9.37. The molecule has 1 aromatic heterocycles. The number of aromatic hydroxyl groups is 1. The van der Waals surface area contributed by atoms with E-state index in [4.69, 9.17) is 5.11 Å². The van der Waals surface area contributed by atoms with Gasteiger partial charge in [0.25, 0.3) is 5.56 Å². The standard InChI is InChI=1S/C10H12N2O4S/c1-2-16-9(15)4-3-5-17-10-11-7(13)6-8(14)12-10/h3-4,6H,2,5H2,1H3,(H2,11,12,13,14). The lowest BCUT2D eigenvalue weighted by Crippen LogP contribution is -2.06. The minimum Gasteiger partial charge on any atom is -0.493 e. The van der Waals surface area contributed by atoms with E-state index in [1.165, 1.54) is 17.8 Å². The molecule has 0 bridgehead atoms. The summed E-state index contributed by atoms with van der Waals surface area (Å²) in [6, 6.07) is 0.985. The molecule has 1 heterocycles. The number of nitrogens with zero attached hydrogens (tertiary/aromatic N) is 1. The topological polar surface area (TPSA) is 92.3 Å². The summed E-state index contributed by atoms with van der Waals surface area (Å²) < 4.78 is 4.68. The zero-order chi connectivity index (χ0) is 12.7. The quantitative estimate of drug-likeness (QED) is 0.348. The summed E-state index contributed by atoms with van der Waals surface area (Å²) in [6.07, 6.45) is 2.89. The van der Waals surface area contributed by atoms with Crippen LogP contribution in [0.5, 0.6) is 5.88 Å². The second-order valence-electron chi connectivity index (χ2n) is 2.87. The number of hydrogen-bond acceptors (Lipinski definition) is 6. The Balaban J connectivity index is 2.45. The van der Waals surface area contributed by atoms with Gasteiger partial charge in [-0.1, -0.05) is 17.8 Å². The number of ether oxygens (including phenoxy) is 1. The normalized spacial score (nSPS) is 10.6. The van der Waals surface area contributed by atoms with Crippen LogP contribution in [-0.4, -0.2) is 33.4 Å². The summed E-state index contributed by atoms with van der Waals surface area (Å²) in [5.41, 5.74) is -0.422. The Morgan fingerprint density at radius 1 is 1.71 bits per heavy atom. The number of carbonyl (C=O) groups excluding carboxylic acids is 1. The Bertz CT molecular complexity index is 470. The zero-order valence-electron chi connectivity index (χ0n) is 9.17. The number of aromatic amines is 1. The Kier molecular flexibility index (Phi) is 5.28. The highest BCUT2D eigenvalue weighted by molar-refractivity contribution is 7.99. The lowest BCUT2D eigenvalue weighted by Gasteiger charge is -1.97. The van der Waals surface area contributed by atoms with Gasteiger partial charge in [0.1, 0.15) is 0 Å². The van der Waals surface area contributed by atoms with Crippen molar-refractivity contribution < 1.29 is 14.6 Å². The second kappa shape index (κ2) is 6.74. The maximum absolute atomic E-state index is 11.0. The van der Waals surface area contributed by atoms with Crippen LogP contribution in [-0.2, 0) is 9.53 Å². The van der Waals surface area contributed by atoms with E-state index < -0.39 is 11.5 Å². The molecule has 6 nitrogen and oxygen atoms in total. The van der Waals surface area contributed by atoms with Gasteiger partial charge in [-0.2, -0.15) is 4.98 Å². The Hall–Kier alpha value is -1.76. The van der Waals surface area contributed by atoms with E-state index in [0.717, 1.165) is 6.07 Å². The Morgan fingerprint density at radius 2 is 2.47 bits per heavy atom. The molecule has 2 N–H and O–H groups in total.